The molecule has 6 heteroatoms. The molecule has 19 heavy (non-hydrogen) atoms. The van der Waals surface area contributed by atoms with E-state index in [1.165, 1.54) is 11.3 Å². The zero-order valence-electron chi connectivity index (χ0n) is 10.8. The van der Waals surface area contributed by atoms with Gasteiger partial charge in [0.2, 0.25) is 5.91 Å². The molecule has 5 nitrogen and oxygen atoms in total. The molecule has 0 aromatic carbocycles. The monoisotopic (exact) mass is 281 g/mol. The largest absolute Gasteiger partial charge is 0.353 e. The van der Waals surface area contributed by atoms with Gasteiger partial charge in [-0.05, 0) is 30.7 Å². The summed E-state index contributed by atoms with van der Waals surface area (Å²) < 4.78 is 0. The van der Waals surface area contributed by atoms with Gasteiger partial charge in [0.05, 0.1) is 4.88 Å². The molecule has 1 aliphatic rings. The first-order chi connectivity index (χ1) is 9.24. The van der Waals surface area contributed by atoms with Crippen LogP contribution < -0.4 is 11.1 Å². The fourth-order valence-corrected chi connectivity index (χ4v) is 2.98. The van der Waals surface area contributed by atoms with Gasteiger partial charge >= 0.3 is 0 Å². The highest BCUT2D eigenvalue weighted by molar-refractivity contribution is 7.12. The molecule has 1 unspecified atom stereocenters. The van der Waals surface area contributed by atoms with Gasteiger partial charge in [-0.1, -0.05) is 6.07 Å². The third-order valence-corrected chi connectivity index (χ3v) is 4.10. The summed E-state index contributed by atoms with van der Waals surface area (Å²) in [4.78, 5) is 26.9. The zero-order chi connectivity index (χ0) is 13.7. The van der Waals surface area contributed by atoms with E-state index in [0.29, 0.717) is 24.5 Å². The number of piperidine rings is 1. The van der Waals surface area contributed by atoms with Crippen LogP contribution in [0.3, 0.4) is 0 Å². The highest BCUT2D eigenvalue weighted by Gasteiger charge is 2.32. The van der Waals surface area contributed by atoms with E-state index < -0.39 is 0 Å². The number of carbonyl (C=O) groups is 2. The molecular weight excluding hydrogens is 262 g/mol. The second-order valence-corrected chi connectivity index (χ2v) is 5.51. The van der Waals surface area contributed by atoms with Crippen molar-refractivity contribution >= 4 is 23.2 Å². The summed E-state index contributed by atoms with van der Waals surface area (Å²) in [6.07, 6.45) is 2.67. The van der Waals surface area contributed by atoms with Crippen LogP contribution in [0.2, 0.25) is 0 Å². The van der Waals surface area contributed by atoms with Crippen LogP contribution in [0.15, 0.2) is 17.5 Å². The van der Waals surface area contributed by atoms with Gasteiger partial charge in [0.25, 0.3) is 5.91 Å². The number of hydrogen-bond donors (Lipinski definition) is 2. The minimum Gasteiger partial charge on any atom is -0.353 e. The lowest BCUT2D eigenvalue weighted by Gasteiger charge is -2.34. The minimum atomic E-state index is -0.352. The number of hydrogen-bond acceptors (Lipinski definition) is 4. The first kappa shape index (κ1) is 14.0. The molecule has 3 N–H and O–H groups in total. The molecule has 2 amide bonds. The van der Waals surface area contributed by atoms with Crippen molar-refractivity contribution in [2.75, 3.05) is 19.6 Å². The van der Waals surface area contributed by atoms with Crippen LogP contribution in [0.25, 0.3) is 0 Å². The van der Waals surface area contributed by atoms with Crippen LogP contribution in [0.1, 0.15) is 28.9 Å². The fraction of sp³-hybridized carbons (Fsp3) is 0.538. The lowest BCUT2D eigenvalue weighted by molar-refractivity contribution is -0.126. The average molecular weight is 281 g/mol. The fourth-order valence-electron chi connectivity index (χ4n) is 2.30. The van der Waals surface area contributed by atoms with Gasteiger partial charge in [-0.2, -0.15) is 0 Å². The van der Waals surface area contributed by atoms with Crippen LogP contribution in [-0.4, -0.2) is 42.4 Å². The van der Waals surface area contributed by atoms with E-state index >= 15 is 0 Å². The summed E-state index contributed by atoms with van der Waals surface area (Å²) >= 11 is 1.41. The van der Waals surface area contributed by atoms with Crippen molar-refractivity contribution in [1.82, 2.24) is 10.2 Å². The van der Waals surface area contributed by atoms with Gasteiger partial charge in [0.1, 0.15) is 6.04 Å². The first-order valence-corrected chi connectivity index (χ1v) is 7.44. The Morgan fingerprint density at radius 3 is 3.00 bits per heavy atom. The normalized spacial score (nSPS) is 19.2. The summed E-state index contributed by atoms with van der Waals surface area (Å²) in [5.74, 6) is -0.127. The Bertz CT molecular complexity index is 433. The van der Waals surface area contributed by atoms with Gasteiger partial charge < -0.3 is 16.0 Å². The number of likely N-dealkylation sites (tertiary alicyclic amines) is 1. The molecule has 0 radical (unpaired) electrons. The quantitative estimate of drug-likeness (QED) is 0.858. The van der Waals surface area contributed by atoms with E-state index in [1.54, 1.807) is 11.0 Å². The van der Waals surface area contributed by atoms with Crippen LogP contribution in [0, 0.1) is 0 Å². The Morgan fingerprint density at radius 2 is 2.32 bits per heavy atom. The Balaban J connectivity index is 2.07. The van der Waals surface area contributed by atoms with Crippen LogP contribution >= 0.6 is 11.3 Å². The molecular formula is C13H19N3O2S. The predicted molar refractivity (Wildman–Crippen MR) is 75.1 cm³/mol. The van der Waals surface area contributed by atoms with Crippen LogP contribution in [0.5, 0.6) is 0 Å². The van der Waals surface area contributed by atoms with Crippen molar-refractivity contribution in [3.05, 3.63) is 22.4 Å². The van der Waals surface area contributed by atoms with E-state index in [0.717, 1.165) is 19.3 Å². The van der Waals surface area contributed by atoms with Gasteiger partial charge in [0, 0.05) is 19.6 Å². The van der Waals surface area contributed by atoms with E-state index in [2.05, 4.69) is 5.32 Å². The maximum atomic E-state index is 12.4. The Morgan fingerprint density at radius 1 is 1.47 bits per heavy atom. The second kappa shape index (κ2) is 6.68. The zero-order valence-corrected chi connectivity index (χ0v) is 11.6. The number of carbonyl (C=O) groups excluding carboxylic acids is 2. The Hall–Kier alpha value is -1.40. The smallest absolute Gasteiger partial charge is 0.264 e. The lowest BCUT2D eigenvalue weighted by Crippen LogP contribution is -2.52. The molecule has 1 atom stereocenters. The molecule has 2 rings (SSSR count). The number of nitrogens with one attached hydrogen (secondary N) is 1. The first-order valence-electron chi connectivity index (χ1n) is 6.56. The van der Waals surface area contributed by atoms with Crippen LogP contribution in [0.4, 0.5) is 0 Å². The van der Waals surface area contributed by atoms with E-state index in [4.69, 9.17) is 5.73 Å². The minimum absolute atomic E-state index is 0.0393. The number of amides is 2. The Kier molecular flexibility index (Phi) is 4.93. The van der Waals surface area contributed by atoms with Gasteiger partial charge in [-0.15, -0.1) is 11.3 Å². The molecule has 0 bridgehead atoms. The number of nitrogens with zero attached hydrogens (tertiary/aromatic N) is 1. The molecule has 1 aromatic rings. The molecule has 0 spiro atoms. The Labute approximate surface area is 116 Å². The van der Waals surface area contributed by atoms with Gasteiger partial charge in [-0.3, -0.25) is 9.59 Å². The molecule has 1 fully saturated rings. The maximum absolute atomic E-state index is 12.4. The molecule has 104 valence electrons. The molecule has 1 saturated heterocycles. The highest BCUT2D eigenvalue weighted by Crippen LogP contribution is 2.21. The maximum Gasteiger partial charge on any atom is 0.264 e. The van der Waals surface area contributed by atoms with E-state index in [-0.39, 0.29) is 17.9 Å². The second-order valence-electron chi connectivity index (χ2n) is 4.57. The van der Waals surface area contributed by atoms with Crippen molar-refractivity contribution < 1.29 is 9.59 Å². The summed E-state index contributed by atoms with van der Waals surface area (Å²) in [5, 5.41) is 4.65. The van der Waals surface area contributed by atoms with Gasteiger partial charge in [0.15, 0.2) is 0 Å². The van der Waals surface area contributed by atoms with Crippen molar-refractivity contribution in [3.8, 4) is 0 Å². The summed E-state index contributed by atoms with van der Waals surface area (Å²) in [6, 6.07) is 3.30. The SMILES string of the molecule is NCCNC(=O)C1CCCCN1C(=O)c1cccs1. The topological polar surface area (TPSA) is 75.4 Å². The van der Waals surface area contributed by atoms with Gasteiger partial charge in [-0.25, -0.2) is 0 Å². The molecule has 2 heterocycles. The average Bonchev–Trinajstić information content (AvgIpc) is 2.98. The van der Waals surface area contributed by atoms with Crippen molar-refractivity contribution in [2.45, 2.75) is 25.3 Å². The number of nitrogens with two attached hydrogens (primary N) is 1. The van der Waals surface area contributed by atoms with Crippen molar-refractivity contribution in [2.24, 2.45) is 5.73 Å². The third kappa shape index (κ3) is 3.33. The molecule has 0 aliphatic carbocycles. The third-order valence-electron chi connectivity index (χ3n) is 3.24. The van der Waals surface area contributed by atoms with E-state index in [1.807, 2.05) is 11.4 Å². The lowest BCUT2D eigenvalue weighted by atomic mass is 10.0. The van der Waals surface area contributed by atoms with Crippen molar-refractivity contribution in [3.63, 3.8) is 0 Å². The number of rotatable bonds is 4. The molecule has 1 aliphatic heterocycles. The highest BCUT2D eigenvalue weighted by atomic mass is 32.1. The van der Waals surface area contributed by atoms with Crippen molar-refractivity contribution in [1.29, 1.82) is 0 Å². The summed E-state index contributed by atoms with van der Waals surface area (Å²) in [7, 11) is 0. The molecule has 0 saturated carbocycles. The van der Waals surface area contributed by atoms with E-state index in [9.17, 15) is 9.59 Å². The molecule has 1 aromatic heterocycles. The summed E-state index contributed by atoms with van der Waals surface area (Å²) in [5.41, 5.74) is 5.38. The number of thiophene rings is 1. The predicted octanol–water partition coefficient (Wildman–Crippen LogP) is 0.818. The summed E-state index contributed by atoms with van der Waals surface area (Å²) in [6.45, 7) is 1.52. The van der Waals surface area contributed by atoms with Crippen LogP contribution in [-0.2, 0) is 4.79 Å². The standard InChI is InChI=1S/C13H19N3O2S/c14-6-7-15-12(17)10-4-1-2-8-16(10)13(18)11-5-3-9-19-11/h3,5,9-10H,1-2,4,6-8,14H2,(H,15,17).